The van der Waals surface area contributed by atoms with Crippen LogP contribution in [0.1, 0.15) is 39.5 Å². The van der Waals surface area contributed by atoms with Crippen molar-refractivity contribution in [2.75, 3.05) is 5.75 Å². The van der Waals surface area contributed by atoms with E-state index in [4.69, 9.17) is 4.74 Å². The molecule has 2 unspecified atom stereocenters. The third-order valence-corrected chi connectivity index (χ3v) is 4.63. The van der Waals surface area contributed by atoms with E-state index in [0.717, 1.165) is 12.8 Å². The molecule has 1 aliphatic carbocycles. The Hall–Kier alpha value is -0.650. The van der Waals surface area contributed by atoms with Crippen molar-refractivity contribution in [1.29, 1.82) is 0 Å². The Morgan fingerprint density at radius 1 is 1.41 bits per heavy atom. The molecule has 2 aliphatic rings. The van der Waals surface area contributed by atoms with Crippen molar-refractivity contribution in [3.8, 4) is 0 Å². The number of hydrogen-bond donors (Lipinski definition) is 0. The minimum atomic E-state index is -4.61. The fourth-order valence-electron chi connectivity index (χ4n) is 3.26. The van der Waals surface area contributed by atoms with E-state index in [1.165, 1.54) is 0 Å². The van der Waals surface area contributed by atoms with Crippen LogP contribution >= 0.6 is 0 Å². The van der Waals surface area contributed by atoms with E-state index in [9.17, 15) is 17.1 Å². The smallest absolute Gasteiger partial charge is 0.306 e. The van der Waals surface area contributed by atoms with Gasteiger partial charge in [0.1, 0.15) is 11.9 Å². The summed E-state index contributed by atoms with van der Waals surface area (Å²) < 4.78 is 39.3. The van der Waals surface area contributed by atoms with Gasteiger partial charge >= 0.3 is 16.2 Å². The molecule has 0 radical (unpaired) electrons. The molecular formula is C11H17FO4S. The van der Waals surface area contributed by atoms with Crippen molar-refractivity contribution in [3.05, 3.63) is 0 Å². The molecule has 0 aromatic rings. The fraction of sp³-hybridized carbons (Fsp3) is 0.909. The minimum absolute atomic E-state index is 0.0618. The Morgan fingerprint density at radius 2 is 2.06 bits per heavy atom. The Labute approximate surface area is 101 Å². The third kappa shape index (κ3) is 2.61. The molecule has 0 N–H and O–H groups in total. The van der Waals surface area contributed by atoms with Crippen LogP contribution in [0.15, 0.2) is 0 Å². The van der Waals surface area contributed by atoms with Crippen molar-refractivity contribution in [2.24, 2.45) is 10.8 Å². The van der Waals surface area contributed by atoms with Crippen molar-refractivity contribution >= 4 is 16.2 Å². The number of carbonyl (C=O) groups is 1. The maximum atomic E-state index is 12.8. The van der Waals surface area contributed by atoms with Crippen molar-refractivity contribution < 1.29 is 21.8 Å². The van der Waals surface area contributed by atoms with Crippen LogP contribution in [-0.2, 0) is 19.8 Å². The summed E-state index contributed by atoms with van der Waals surface area (Å²) in [6, 6.07) is 0. The lowest BCUT2D eigenvalue weighted by molar-refractivity contribution is -0.140. The number of cyclic esters (lactones) is 1. The molecule has 0 amide bonds. The van der Waals surface area contributed by atoms with Crippen molar-refractivity contribution in [3.63, 3.8) is 0 Å². The van der Waals surface area contributed by atoms with Crippen LogP contribution in [-0.4, -0.2) is 26.2 Å². The second kappa shape index (κ2) is 3.67. The zero-order valence-corrected chi connectivity index (χ0v) is 10.8. The molecule has 0 aromatic carbocycles. The Bertz CT molecular complexity index is 442. The highest BCUT2D eigenvalue weighted by atomic mass is 32.3. The van der Waals surface area contributed by atoms with Gasteiger partial charge < -0.3 is 4.74 Å². The standard InChI is InChI=1S/C11H17FO4S/c1-10(2)3-4-11(7-10)5-9(13)16-8(11)6-17(12,14)15/h8H,3-7H2,1-2H3. The molecule has 2 fully saturated rings. The zero-order chi connectivity index (χ0) is 12.9. The van der Waals surface area contributed by atoms with E-state index < -0.39 is 33.5 Å². The van der Waals surface area contributed by atoms with Gasteiger partial charge in [0.2, 0.25) is 0 Å². The zero-order valence-electron chi connectivity index (χ0n) is 10.0. The quantitative estimate of drug-likeness (QED) is 0.563. The van der Waals surface area contributed by atoms with Gasteiger partial charge in [0.25, 0.3) is 0 Å². The summed E-state index contributed by atoms with van der Waals surface area (Å²) in [5, 5.41) is 0. The lowest BCUT2D eigenvalue weighted by Gasteiger charge is -2.28. The van der Waals surface area contributed by atoms with Gasteiger partial charge in [-0.3, -0.25) is 4.79 Å². The highest BCUT2D eigenvalue weighted by molar-refractivity contribution is 7.86. The second-order valence-corrected chi connectivity index (χ2v) is 7.48. The fourth-order valence-corrected chi connectivity index (χ4v) is 4.04. The molecule has 1 heterocycles. The van der Waals surface area contributed by atoms with Crippen molar-refractivity contribution in [1.82, 2.24) is 0 Å². The van der Waals surface area contributed by atoms with Gasteiger partial charge in [-0.05, 0) is 24.7 Å². The predicted octanol–water partition coefficient (Wildman–Crippen LogP) is 1.80. The number of halogens is 1. The van der Waals surface area contributed by atoms with Gasteiger partial charge in [0.15, 0.2) is 0 Å². The van der Waals surface area contributed by atoms with Gasteiger partial charge in [0.05, 0.1) is 6.42 Å². The highest BCUT2D eigenvalue weighted by Gasteiger charge is 2.56. The highest BCUT2D eigenvalue weighted by Crippen LogP contribution is 2.56. The van der Waals surface area contributed by atoms with Crippen LogP contribution in [0.4, 0.5) is 3.89 Å². The van der Waals surface area contributed by atoms with E-state index >= 15 is 0 Å². The largest absolute Gasteiger partial charge is 0.461 e. The predicted molar refractivity (Wildman–Crippen MR) is 59.5 cm³/mol. The monoisotopic (exact) mass is 264 g/mol. The van der Waals surface area contributed by atoms with Crippen LogP contribution < -0.4 is 0 Å². The summed E-state index contributed by atoms with van der Waals surface area (Å²) in [7, 11) is -4.61. The lowest BCUT2D eigenvalue weighted by Crippen LogP contribution is -2.34. The van der Waals surface area contributed by atoms with Gasteiger partial charge in [-0.2, -0.15) is 8.42 Å². The number of ether oxygens (including phenoxy) is 1. The van der Waals surface area contributed by atoms with Gasteiger partial charge in [0, 0.05) is 5.41 Å². The van der Waals surface area contributed by atoms with Crippen LogP contribution in [0.3, 0.4) is 0 Å². The molecule has 1 aliphatic heterocycles. The normalized spacial score (nSPS) is 36.4. The Morgan fingerprint density at radius 3 is 2.53 bits per heavy atom. The maximum absolute atomic E-state index is 12.8. The number of carbonyl (C=O) groups excluding carboxylic acids is 1. The lowest BCUT2D eigenvalue weighted by atomic mass is 9.77. The molecule has 98 valence electrons. The molecule has 1 saturated carbocycles. The molecule has 0 aromatic heterocycles. The maximum Gasteiger partial charge on any atom is 0.306 e. The SMILES string of the molecule is CC1(C)CCC2(CC(=O)OC2CS(=O)(=O)F)C1. The van der Waals surface area contributed by atoms with Crippen LogP contribution in [0.25, 0.3) is 0 Å². The average Bonchev–Trinajstić information content (AvgIpc) is 2.52. The molecular weight excluding hydrogens is 247 g/mol. The molecule has 4 nitrogen and oxygen atoms in total. The summed E-state index contributed by atoms with van der Waals surface area (Å²) in [4.78, 5) is 11.4. The van der Waals surface area contributed by atoms with Crippen LogP contribution in [0, 0.1) is 10.8 Å². The van der Waals surface area contributed by atoms with E-state index in [-0.39, 0.29) is 11.8 Å². The first kappa shape index (κ1) is 12.8. The Kier molecular flexibility index (Phi) is 2.76. The molecule has 2 atom stereocenters. The summed E-state index contributed by atoms with van der Waals surface area (Å²) >= 11 is 0. The molecule has 1 saturated heterocycles. The third-order valence-electron chi connectivity index (χ3n) is 3.93. The first-order valence-electron chi connectivity index (χ1n) is 5.74. The van der Waals surface area contributed by atoms with E-state index in [1.54, 1.807) is 0 Å². The molecule has 2 rings (SSSR count). The molecule has 17 heavy (non-hydrogen) atoms. The number of rotatable bonds is 2. The first-order valence-corrected chi connectivity index (χ1v) is 7.29. The molecule has 0 bridgehead atoms. The molecule has 1 spiro atoms. The summed E-state index contributed by atoms with van der Waals surface area (Å²) in [6.07, 6.45) is 1.76. The van der Waals surface area contributed by atoms with E-state index in [2.05, 4.69) is 13.8 Å². The van der Waals surface area contributed by atoms with Gasteiger partial charge in [-0.15, -0.1) is 3.89 Å². The van der Waals surface area contributed by atoms with Gasteiger partial charge in [-0.25, -0.2) is 0 Å². The van der Waals surface area contributed by atoms with Crippen LogP contribution in [0.5, 0.6) is 0 Å². The Balaban J connectivity index is 2.23. The first-order chi connectivity index (χ1) is 7.62. The summed E-state index contributed by atoms with van der Waals surface area (Å²) in [6.45, 7) is 4.15. The van der Waals surface area contributed by atoms with Crippen molar-refractivity contribution in [2.45, 2.75) is 45.6 Å². The summed E-state index contributed by atoms with van der Waals surface area (Å²) in [5.74, 6) is -1.11. The minimum Gasteiger partial charge on any atom is -0.461 e. The van der Waals surface area contributed by atoms with E-state index in [1.807, 2.05) is 0 Å². The van der Waals surface area contributed by atoms with E-state index in [0.29, 0.717) is 6.42 Å². The molecule has 6 heteroatoms. The summed E-state index contributed by atoms with van der Waals surface area (Å²) in [5.41, 5.74) is -0.411. The number of hydrogen-bond acceptors (Lipinski definition) is 4. The second-order valence-electron chi connectivity index (χ2n) is 6.06. The number of esters is 1. The average molecular weight is 264 g/mol. The topological polar surface area (TPSA) is 60.4 Å². The van der Waals surface area contributed by atoms with Gasteiger partial charge in [-0.1, -0.05) is 13.8 Å². The van der Waals surface area contributed by atoms with Crippen LogP contribution in [0.2, 0.25) is 0 Å².